The third kappa shape index (κ3) is 11.6. The number of hydrogen-bond donors (Lipinski definition) is 0. The summed E-state index contributed by atoms with van der Waals surface area (Å²) in [5.41, 5.74) is -0.575. The largest absolute Gasteiger partial charge is 0.423 e. The second kappa shape index (κ2) is 18.0. The summed E-state index contributed by atoms with van der Waals surface area (Å²) in [6.45, 7) is 12.8. The second-order valence-electron chi connectivity index (χ2n) is 10.5. The fourth-order valence-electron chi connectivity index (χ4n) is 3.98. The molecule has 0 aromatic heterocycles. The Morgan fingerprint density at radius 1 is 0.527 bits per heavy atom. The number of alkyl halides is 3. The van der Waals surface area contributed by atoms with Gasteiger partial charge in [-0.1, -0.05) is 50.0 Å². The van der Waals surface area contributed by atoms with Crippen LogP contribution in [0.25, 0.3) is 0 Å². The number of ether oxygens (including phenoxy) is 5. The minimum absolute atomic E-state index is 0.0585. The molecule has 0 unspecified atom stereocenters. The molecule has 0 aliphatic carbocycles. The van der Waals surface area contributed by atoms with Gasteiger partial charge < -0.3 is 23.7 Å². The van der Waals surface area contributed by atoms with Crippen molar-refractivity contribution in [2.24, 2.45) is 0 Å². The van der Waals surface area contributed by atoms with Crippen LogP contribution in [0.2, 0.25) is 0 Å². The molecule has 0 fully saturated rings. The summed E-state index contributed by atoms with van der Waals surface area (Å²) in [7, 11) is 0. The molecule has 0 radical (unpaired) electrons. The van der Waals surface area contributed by atoms with Gasteiger partial charge >= 0.3 is 36.0 Å². The molecule has 0 aliphatic heterocycles. The van der Waals surface area contributed by atoms with E-state index in [-0.39, 0.29) is 45.4 Å². The van der Waals surface area contributed by atoms with Gasteiger partial charge in [0.05, 0.1) is 16.7 Å². The van der Waals surface area contributed by atoms with Crippen molar-refractivity contribution >= 4 is 29.8 Å². The summed E-state index contributed by atoms with van der Waals surface area (Å²) in [5, 5.41) is 0. The third-order valence-electron chi connectivity index (χ3n) is 6.71. The van der Waals surface area contributed by atoms with Gasteiger partial charge in [-0.15, -0.1) is 0 Å². The Labute approximate surface area is 311 Å². The van der Waals surface area contributed by atoms with Crippen molar-refractivity contribution in [3.05, 3.63) is 163 Å². The fourth-order valence-corrected chi connectivity index (χ4v) is 3.98. The summed E-state index contributed by atoms with van der Waals surface area (Å²) in [6.07, 6.45) is -2.13. The molecule has 4 rings (SSSR count). The molecule has 13 heteroatoms. The normalized spacial score (nSPS) is 10.1. The van der Waals surface area contributed by atoms with E-state index in [1.54, 1.807) is 12.1 Å². The maximum atomic E-state index is 12.7. The van der Waals surface area contributed by atoms with Gasteiger partial charge in [-0.25, -0.2) is 24.0 Å². The lowest BCUT2D eigenvalue weighted by Crippen LogP contribution is -2.23. The summed E-state index contributed by atoms with van der Waals surface area (Å²) >= 11 is 0. The van der Waals surface area contributed by atoms with Gasteiger partial charge in [-0.2, -0.15) is 13.2 Å². The molecule has 0 spiro atoms. The molecule has 4 aromatic rings. The van der Waals surface area contributed by atoms with Crippen molar-refractivity contribution in [1.82, 2.24) is 0 Å². The van der Waals surface area contributed by atoms with Crippen molar-refractivity contribution < 1.29 is 60.8 Å². The quantitative estimate of drug-likeness (QED) is 0.0723. The molecule has 0 saturated carbocycles. The van der Waals surface area contributed by atoms with E-state index in [1.165, 1.54) is 72.8 Å². The summed E-state index contributed by atoms with van der Waals surface area (Å²) < 4.78 is 64.1. The first-order valence-corrected chi connectivity index (χ1v) is 15.4. The molecule has 0 atom stereocenters. The van der Waals surface area contributed by atoms with E-state index in [1.807, 2.05) is 0 Å². The van der Waals surface area contributed by atoms with Gasteiger partial charge in [0.15, 0.2) is 0 Å². The minimum Gasteiger partial charge on any atom is -0.423 e. The first-order valence-electron chi connectivity index (χ1n) is 15.4. The number of carbonyl (C=O) groups is 5. The first kappa shape index (κ1) is 39.9. The van der Waals surface area contributed by atoms with E-state index in [0.29, 0.717) is 11.1 Å². The van der Waals surface area contributed by atoms with Crippen LogP contribution in [0.4, 0.5) is 13.2 Å². The Balaban J connectivity index is 1.58. The van der Waals surface area contributed by atoms with E-state index in [4.69, 9.17) is 23.7 Å². The predicted molar refractivity (Wildman–Crippen MR) is 191 cm³/mol. The molecule has 0 aliphatic rings. The smallest absolute Gasteiger partial charge is 0.422 e. The third-order valence-corrected chi connectivity index (χ3v) is 6.71. The van der Waals surface area contributed by atoms with E-state index < -0.39 is 41.6 Å². The maximum Gasteiger partial charge on any atom is 0.422 e. The number of hydrogen-bond acceptors (Lipinski definition) is 10. The average molecular weight is 747 g/mol. The van der Waals surface area contributed by atoms with Gasteiger partial charge in [-0.05, 0) is 72.8 Å². The van der Waals surface area contributed by atoms with Crippen LogP contribution in [-0.2, 0) is 19.2 Å². The number of halogens is 3. The van der Waals surface area contributed by atoms with Crippen LogP contribution in [0, 0.1) is 23.7 Å². The second-order valence-corrected chi connectivity index (χ2v) is 10.5. The zero-order valence-corrected chi connectivity index (χ0v) is 28.4. The van der Waals surface area contributed by atoms with Crippen molar-refractivity contribution in [1.29, 1.82) is 0 Å². The first-order chi connectivity index (χ1) is 26.2. The van der Waals surface area contributed by atoms with Crippen LogP contribution in [0.1, 0.15) is 32.6 Å². The highest BCUT2D eigenvalue weighted by atomic mass is 19.4. The van der Waals surface area contributed by atoms with E-state index in [9.17, 15) is 37.1 Å². The van der Waals surface area contributed by atoms with E-state index in [2.05, 4.69) is 50.0 Å². The van der Waals surface area contributed by atoms with Gasteiger partial charge in [0.25, 0.3) is 0 Å². The van der Waals surface area contributed by atoms with Crippen molar-refractivity contribution in [2.45, 2.75) is 6.18 Å². The lowest BCUT2D eigenvalue weighted by molar-refractivity contribution is -0.142. The Kier molecular flexibility index (Phi) is 13.1. The number of esters is 5. The molecular formula is C42H25F3O10. The fraction of sp³-hybridized carbons (Fsp3) is 0.0238. The van der Waals surface area contributed by atoms with Crippen molar-refractivity contribution in [2.75, 3.05) is 0 Å². The highest BCUT2D eigenvalue weighted by Crippen LogP contribution is 2.30. The van der Waals surface area contributed by atoms with E-state index >= 15 is 0 Å². The van der Waals surface area contributed by atoms with Gasteiger partial charge in [0, 0.05) is 41.5 Å². The SMILES string of the molecule is C=CC(=O)Oc1ccc(C(=O)Oc2ccc(C#Cc3cc(OC(=O)C=C)c(C#Cc4ccc(OC(=O)C(=C)C(F)(F)F)cc4)cc3OC(=O)C=C)cc2)cc1. The predicted octanol–water partition coefficient (Wildman–Crippen LogP) is 7.00. The van der Waals surface area contributed by atoms with E-state index in [0.717, 1.165) is 18.2 Å². The van der Waals surface area contributed by atoms with Crippen LogP contribution < -0.4 is 23.7 Å². The Morgan fingerprint density at radius 2 is 0.909 bits per heavy atom. The topological polar surface area (TPSA) is 132 Å². The van der Waals surface area contributed by atoms with Gasteiger partial charge in [-0.3, -0.25) is 0 Å². The van der Waals surface area contributed by atoms with Crippen LogP contribution in [0.3, 0.4) is 0 Å². The molecule has 0 amide bonds. The van der Waals surface area contributed by atoms with Gasteiger partial charge in [0.1, 0.15) is 34.3 Å². The Morgan fingerprint density at radius 3 is 1.33 bits per heavy atom. The van der Waals surface area contributed by atoms with Crippen LogP contribution >= 0.6 is 0 Å². The molecule has 0 N–H and O–H groups in total. The van der Waals surface area contributed by atoms with Crippen molar-refractivity contribution in [3.8, 4) is 52.4 Å². The van der Waals surface area contributed by atoms with Crippen molar-refractivity contribution in [3.63, 3.8) is 0 Å². The summed E-state index contributed by atoms with van der Waals surface area (Å²) in [5.74, 6) is 6.64. The number of rotatable bonds is 10. The molecule has 0 saturated heterocycles. The highest BCUT2D eigenvalue weighted by molar-refractivity contribution is 5.92. The minimum atomic E-state index is -4.96. The standard InChI is InChI=1S/C42H25F3O10/c1-5-37(46)51-32-22-16-29(17-23-32)41(50)53-34-20-12-28(13-21-34)9-15-31-25-35(54-38(47)6-2)30(24-36(31)55-39(48)7-3)14-8-27-10-18-33(19-11-27)52-40(49)26(4)42(43,44)45/h5-7,10-13,16-25H,1-4H2. The molecule has 0 heterocycles. The molecular weight excluding hydrogens is 721 g/mol. The summed E-state index contributed by atoms with van der Waals surface area (Å²) in [4.78, 5) is 60.1. The molecule has 0 bridgehead atoms. The molecule has 10 nitrogen and oxygen atoms in total. The zero-order chi connectivity index (χ0) is 40.1. The van der Waals surface area contributed by atoms with Crippen LogP contribution in [0.5, 0.6) is 28.7 Å². The lowest BCUT2D eigenvalue weighted by Gasteiger charge is -2.10. The monoisotopic (exact) mass is 746 g/mol. The number of benzene rings is 4. The lowest BCUT2D eigenvalue weighted by atomic mass is 10.1. The number of carbonyl (C=O) groups excluding carboxylic acids is 5. The maximum absolute atomic E-state index is 12.7. The Hall–Kier alpha value is -7.90. The summed E-state index contributed by atoms with van der Waals surface area (Å²) in [6, 6.07) is 19.5. The van der Waals surface area contributed by atoms with Crippen LogP contribution in [-0.4, -0.2) is 36.0 Å². The highest BCUT2D eigenvalue weighted by Gasteiger charge is 2.38. The molecule has 274 valence electrons. The molecule has 55 heavy (non-hydrogen) atoms. The zero-order valence-electron chi connectivity index (χ0n) is 28.4. The van der Waals surface area contributed by atoms with Crippen LogP contribution in [0.15, 0.2) is 135 Å². The Bertz CT molecular complexity index is 2330. The average Bonchev–Trinajstić information content (AvgIpc) is 3.17. The molecule has 4 aromatic carbocycles. The van der Waals surface area contributed by atoms with Gasteiger partial charge in [0.2, 0.25) is 0 Å².